The Hall–Kier alpha value is -2.17. The molecule has 0 spiro atoms. The van der Waals surface area contributed by atoms with Crippen LogP contribution in [0.1, 0.15) is 51.0 Å². The molecule has 0 saturated carbocycles. The highest BCUT2D eigenvalue weighted by Gasteiger charge is 2.06. The lowest BCUT2D eigenvalue weighted by molar-refractivity contribution is 0.390. The van der Waals surface area contributed by atoms with Crippen molar-refractivity contribution in [3.8, 4) is 17.5 Å². The Morgan fingerprint density at radius 1 is 1.00 bits per heavy atom. The van der Waals surface area contributed by atoms with E-state index in [0.29, 0.717) is 5.75 Å². The van der Waals surface area contributed by atoms with E-state index in [4.69, 9.17) is 4.74 Å². The van der Waals surface area contributed by atoms with E-state index in [1.807, 2.05) is 6.07 Å². The Bertz CT molecular complexity index is 561. The molecule has 0 aliphatic rings. The molecule has 1 heterocycles. The minimum atomic E-state index is 0.115. The number of benzene rings is 1. The molecule has 0 radical (unpaired) electrons. The van der Waals surface area contributed by atoms with Crippen molar-refractivity contribution in [2.24, 2.45) is 0 Å². The summed E-state index contributed by atoms with van der Waals surface area (Å²) < 4.78 is 5.42. The number of aryl methyl sites for hydroxylation is 1. The van der Waals surface area contributed by atoms with Gasteiger partial charge in [-0.2, -0.15) is 9.97 Å². The van der Waals surface area contributed by atoms with Gasteiger partial charge in [-0.1, -0.05) is 45.1 Å². The van der Waals surface area contributed by atoms with Crippen LogP contribution in [-0.2, 0) is 6.42 Å². The average molecular weight is 301 g/mol. The molecule has 1 aromatic heterocycles. The van der Waals surface area contributed by atoms with Crippen LogP contribution in [0.25, 0.3) is 0 Å². The number of aromatic hydroxyl groups is 1. The number of nitrogens with zero attached hydrogens (tertiary/aromatic N) is 3. The highest BCUT2D eigenvalue weighted by atomic mass is 16.5. The summed E-state index contributed by atoms with van der Waals surface area (Å²) in [7, 11) is 0. The molecule has 0 fully saturated rings. The molecule has 2 rings (SSSR count). The summed E-state index contributed by atoms with van der Waals surface area (Å²) in [5.74, 6) is 0.474. The van der Waals surface area contributed by atoms with Gasteiger partial charge >= 0.3 is 6.01 Å². The predicted molar refractivity (Wildman–Crippen MR) is 85.1 cm³/mol. The van der Waals surface area contributed by atoms with Gasteiger partial charge in [0.2, 0.25) is 0 Å². The fraction of sp³-hybridized carbons (Fsp3) is 0.471. The van der Waals surface area contributed by atoms with Crippen LogP contribution in [-0.4, -0.2) is 20.1 Å². The zero-order valence-electron chi connectivity index (χ0n) is 13.0. The van der Waals surface area contributed by atoms with Crippen molar-refractivity contribution in [2.75, 3.05) is 0 Å². The van der Waals surface area contributed by atoms with Gasteiger partial charge in [-0.15, -0.1) is 0 Å². The first-order chi connectivity index (χ1) is 10.8. The number of aromatic nitrogens is 3. The summed E-state index contributed by atoms with van der Waals surface area (Å²) in [5, 5.41) is 10.0. The predicted octanol–water partition coefficient (Wildman–Crippen LogP) is 4.27. The highest BCUT2D eigenvalue weighted by Crippen LogP contribution is 2.30. The van der Waals surface area contributed by atoms with Crippen LogP contribution in [0.15, 0.2) is 30.9 Å². The number of hydrogen-bond donors (Lipinski definition) is 1. The number of rotatable bonds is 9. The molecule has 0 saturated heterocycles. The maximum Gasteiger partial charge on any atom is 0.325 e. The average Bonchev–Trinajstić information content (AvgIpc) is 2.54. The Kier molecular flexibility index (Phi) is 6.61. The van der Waals surface area contributed by atoms with Crippen molar-refractivity contribution in [3.63, 3.8) is 0 Å². The Balaban J connectivity index is 1.82. The Morgan fingerprint density at radius 2 is 1.73 bits per heavy atom. The lowest BCUT2D eigenvalue weighted by atomic mass is 10.0. The van der Waals surface area contributed by atoms with Gasteiger partial charge in [-0.05, 0) is 30.5 Å². The van der Waals surface area contributed by atoms with Gasteiger partial charge in [0.15, 0.2) is 11.5 Å². The quantitative estimate of drug-likeness (QED) is 0.700. The van der Waals surface area contributed by atoms with E-state index >= 15 is 0 Å². The first kappa shape index (κ1) is 16.2. The van der Waals surface area contributed by atoms with E-state index < -0.39 is 0 Å². The summed E-state index contributed by atoms with van der Waals surface area (Å²) in [6, 6.07) is 5.66. The smallest absolute Gasteiger partial charge is 0.325 e. The number of phenols is 1. The molecule has 0 aliphatic heterocycles. The molecular weight excluding hydrogens is 278 g/mol. The summed E-state index contributed by atoms with van der Waals surface area (Å²) in [6.45, 7) is 2.23. The van der Waals surface area contributed by atoms with Crippen LogP contribution >= 0.6 is 0 Å². The summed E-state index contributed by atoms with van der Waals surface area (Å²) in [6.07, 6.45) is 11.3. The van der Waals surface area contributed by atoms with Crippen LogP contribution in [0.5, 0.6) is 17.5 Å². The molecule has 1 aromatic carbocycles. The number of unbranched alkanes of at least 4 members (excludes halogenated alkanes) is 5. The molecule has 0 atom stereocenters. The first-order valence-electron chi connectivity index (χ1n) is 7.91. The molecule has 0 amide bonds. The van der Waals surface area contributed by atoms with Crippen LogP contribution in [0.3, 0.4) is 0 Å². The molecule has 118 valence electrons. The van der Waals surface area contributed by atoms with Gasteiger partial charge in [-0.25, -0.2) is 4.98 Å². The Morgan fingerprint density at radius 3 is 2.45 bits per heavy atom. The van der Waals surface area contributed by atoms with Crippen molar-refractivity contribution in [3.05, 3.63) is 36.4 Å². The minimum Gasteiger partial charge on any atom is -0.504 e. The fourth-order valence-corrected chi connectivity index (χ4v) is 2.29. The van der Waals surface area contributed by atoms with Gasteiger partial charge in [0, 0.05) is 0 Å². The molecule has 5 heteroatoms. The third-order valence-corrected chi connectivity index (χ3v) is 3.51. The van der Waals surface area contributed by atoms with E-state index in [1.165, 1.54) is 44.8 Å². The van der Waals surface area contributed by atoms with Crippen LogP contribution < -0.4 is 4.74 Å². The third kappa shape index (κ3) is 5.31. The van der Waals surface area contributed by atoms with Gasteiger partial charge in [0.05, 0.1) is 0 Å². The second-order valence-corrected chi connectivity index (χ2v) is 5.34. The van der Waals surface area contributed by atoms with Gasteiger partial charge in [0.25, 0.3) is 0 Å². The maximum absolute atomic E-state index is 10.0. The lowest BCUT2D eigenvalue weighted by Gasteiger charge is -2.07. The second kappa shape index (κ2) is 8.97. The highest BCUT2D eigenvalue weighted by molar-refractivity contribution is 5.42. The molecular formula is C17H23N3O2. The normalized spacial score (nSPS) is 10.6. The topological polar surface area (TPSA) is 68.1 Å². The number of ether oxygens (including phenoxy) is 1. The van der Waals surface area contributed by atoms with E-state index in [1.54, 1.807) is 12.1 Å². The zero-order chi connectivity index (χ0) is 15.6. The van der Waals surface area contributed by atoms with Crippen molar-refractivity contribution >= 4 is 0 Å². The monoisotopic (exact) mass is 301 g/mol. The number of hydrogen-bond acceptors (Lipinski definition) is 5. The van der Waals surface area contributed by atoms with Crippen molar-refractivity contribution in [1.29, 1.82) is 0 Å². The molecule has 1 N–H and O–H groups in total. The fourth-order valence-electron chi connectivity index (χ4n) is 2.29. The molecule has 0 aliphatic carbocycles. The summed E-state index contributed by atoms with van der Waals surface area (Å²) in [5.41, 5.74) is 1.12. The van der Waals surface area contributed by atoms with Crippen LogP contribution in [0, 0.1) is 0 Å². The minimum absolute atomic E-state index is 0.115. The summed E-state index contributed by atoms with van der Waals surface area (Å²) in [4.78, 5) is 11.5. The molecule has 22 heavy (non-hydrogen) atoms. The second-order valence-electron chi connectivity index (χ2n) is 5.34. The van der Waals surface area contributed by atoms with Gasteiger partial charge in [0.1, 0.15) is 12.7 Å². The zero-order valence-corrected chi connectivity index (χ0v) is 13.0. The SMILES string of the molecule is CCCCCCCCc1ccc(Oc2ncncn2)c(O)c1. The van der Waals surface area contributed by atoms with E-state index in [9.17, 15) is 5.11 Å². The number of phenolic OH excluding ortho intramolecular Hbond substituents is 1. The maximum atomic E-state index is 10.0. The molecule has 0 unspecified atom stereocenters. The standard InChI is InChI=1S/C17H23N3O2/c1-2-3-4-5-6-7-8-14-9-10-16(15(21)11-14)22-17-19-12-18-13-20-17/h9-13,21H,2-8H2,1H3. The van der Waals surface area contributed by atoms with Crippen LogP contribution in [0.4, 0.5) is 0 Å². The first-order valence-corrected chi connectivity index (χ1v) is 7.91. The van der Waals surface area contributed by atoms with Crippen molar-refractivity contribution in [1.82, 2.24) is 15.0 Å². The van der Waals surface area contributed by atoms with E-state index in [0.717, 1.165) is 18.4 Å². The van der Waals surface area contributed by atoms with Gasteiger partial charge < -0.3 is 9.84 Å². The van der Waals surface area contributed by atoms with Crippen molar-refractivity contribution in [2.45, 2.75) is 51.9 Å². The van der Waals surface area contributed by atoms with Crippen molar-refractivity contribution < 1.29 is 9.84 Å². The molecule has 0 bridgehead atoms. The summed E-state index contributed by atoms with van der Waals surface area (Å²) >= 11 is 0. The molecule has 5 nitrogen and oxygen atoms in total. The van der Waals surface area contributed by atoms with Gasteiger partial charge in [-0.3, -0.25) is 0 Å². The Labute approximate surface area is 131 Å². The lowest BCUT2D eigenvalue weighted by Crippen LogP contribution is -1.93. The van der Waals surface area contributed by atoms with E-state index in [2.05, 4.69) is 21.9 Å². The van der Waals surface area contributed by atoms with E-state index in [-0.39, 0.29) is 11.8 Å². The molecule has 2 aromatic rings. The largest absolute Gasteiger partial charge is 0.504 e. The third-order valence-electron chi connectivity index (χ3n) is 3.51. The van der Waals surface area contributed by atoms with Crippen LogP contribution in [0.2, 0.25) is 0 Å².